The van der Waals surface area contributed by atoms with Gasteiger partial charge in [0.25, 0.3) is 0 Å². The molecule has 0 bridgehead atoms. The molecule has 0 radical (unpaired) electrons. The van der Waals surface area contributed by atoms with Crippen LogP contribution in [0.3, 0.4) is 0 Å². The minimum atomic E-state index is -0.0439. The highest BCUT2D eigenvalue weighted by molar-refractivity contribution is 5.84. The van der Waals surface area contributed by atoms with Gasteiger partial charge in [0.15, 0.2) is 0 Å². The number of hydrogen-bond acceptors (Lipinski definition) is 3. The predicted octanol–water partition coefficient (Wildman–Crippen LogP) is 0.688. The molecule has 2 amide bonds. The zero-order valence-corrected chi connectivity index (χ0v) is 12.1. The van der Waals surface area contributed by atoms with Crippen LogP contribution in [-0.4, -0.2) is 55.3 Å². The van der Waals surface area contributed by atoms with Crippen molar-refractivity contribution >= 4 is 11.8 Å². The highest BCUT2D eigenvalue weighted by atomic mass is 16.2. The topological polar surface area (TPSA) is 66.6 Å². The van der Waals surface area contributed by atoms with Crippen molar-refractivity contribution in [2.24, 2.45) is 11.7 Å². The second-order valence-corrected chi connectivity index (χ2v) is 4.82. The largest absolute Gasteiger partial charge is 0.347 e. The summed E-state index contributed by atoms with van der Waals surface area (Å²) >= 11 is 0. The van der Waals surface area contributed by atoms with Crippen LogP contribution in [0.4, 0.5) is 0 Å². The van der Waals surface area contributed by atoms with Crippen molar-refractivity contribution in [1.29, 1.82) is 0 Å². The van der Waals surface area contributed by atoms with E-state index in [0.717, 1.165) is 12.8 Å². The summed E-state index contributed by atoms with van der Waals surface area (Å²) in [7, 11) is 3.40. The van der Waals surface area contributed by atoms with Crippen molar-refractivity contribution in [3.63, 3.8) is 0 Å². The lowest BCUT2D eigenvalue weighted by atomic mass is 10.0. The molecule has 18 heavy (non-hydrogen) atoms. The Morgan fingerprint density at radius 3 is 2.17 bits per heavy atom. The van der Waals surface area contributed by atoms with Gasteiger partial charge in [0.05, 0.1) is 6.54 Å². The Morgan fingerprint density at radius 2 is 1.78 bits per heavy atom. The van der Waals surface area contributed by atoms with E-state index in [9.17, 15) is 9.59 Å². The number of nitrogens with zero attached hydrogens (tertiary/aromatic N) is 2. The van der Waals surface area contributed by atoms with Crippen molar-refractivity contribution in [2.75, 3.05) is 33.7 Å². The maximum Gasteiger partial charge on any atom is 0.241 e. The van der Waals surface area contributed by atoms with Crippen LogP contribution in [0.2, 0.25) is 0 Å². The van der Waals surface area contributed by atoms with E-state index in [4.69, 9.17) is 5.73 Å². The fraction of sp³-hybridized carbons (Fsp3) is 0.846. The van der Waals surface area contributed by atoms with Gasteiger partial charge in [-0.1, -0.05) is 20.3 Å². The Balaban J connectivity index is 4.48. The van der Waals surface area contributed by atoms with Crippen molar-refractivity contribution in [2.45, 2.75) is 33.1 Å². The molecule has 0 aliphatic heterocycles. The van der Waals surface area contributed by atoms with E-state index in [-0.39, 0.29) is 24.3 Å². The maximum atomic E-state index is 12.1. The molecular weight excluding hydrogens is 230 g/mol. The third kappa shape index (κ3) is 6.00. The van der Waals surface area contributed by atoms with Crippen molar-refractivity contribution in [3.05, 3.63) is 0 Å². The predicted molar refractivity (Wildman–Crippen MR) is 73.0 cm³/mol. The maximum absolute atomic E-state index is 12.1. The summed E-state index contributed by atoms with van der Waals surface area (Å²) in [6.45, 7) is 5.34. The number of hydrogen-bond donors (Lipinski definition) is 1. The molecule has 106 valence electrons. The number of carbonyl (C=O) groups is 2. The lowest BCUT2D eigenvalue weighted by Gasteiger charge is -2.25. The molecule has 0 saturated carbocycles. The first-order chi connectivity index (χ1) is 8.46. The molecule has 0 aromatic carbocycles. The normalized spacial score (nSPS) is 12.1. The van der Waals surface area contributed by atoms with E-state index in [1.165, 1.54) is 4.90 Å². The monoisotopic (exact) mass is 257 g/mol. The smallest absolute Gasteiger partial charge is 0.241 e. The second-order valence-electron chi connectivity index (χ2n) is 4.82. The van der Waals surface area contributed by atoms with Crippen molar-refractivity contribution < 1.29 is 9.59 Å². The Bertz CT molecular complexity index is 263. The van der Waals surface area contributed by atoms with Crippen LogP contribution in [0, 0.1) is 5.92 Å². The molecule has 0 rings (SSSR count). The Morgan fingerprint density at radius 1 is 1.17 bits per heavy atom. The minimum absolute atomic E-state index is 0.0318. The van der Waals surface area contributed by atoms with Gasteiger partial charge in [-0.25, -0.2) is 0 Å². The average Bonchev–Trinajstić information content (AvgIpc) is 2.34. The third-order valence-electron chi connectivity index (χ3n) is 3.05. The van der Waals surface area contributed by atoms with E-state index >= 15 is 0 Å². The number of likely N-dealkylation sites (N-methyl/N-ethyl adjacent to an activating group) is 1. The van der Waals surface area contributed by atoms with Crippen LogP contribution in [0.15, 0.2) is 0 Å². The van der Waals surface area contributed by atoms with Gasteiger partial charge in [0.1, 0.15) is 0 Å². The molecule has 0 spiro atoms. The number of carbonyl (C=O) groups excluding carboxylic acids is 2. The van der Waals surface area contributed by atoms with Gasteiger partial charge in [-0.2, -0.15) is 0 Å². The molecule has 0 aliphatic rings. The van der Waals surface area contributed by atoms with Crippen LogP contribution in [-0.2, 0) is 9.59 Å². The fourth-order valence-electron chi connectivity index (χ4n) is 1.64. The van der Waals surface area contributed by atoms with Crippen molar-refractivity contribution in [3.8, 4) is 0 Å². The SMILES string of the molecule is CCCN(CC(=O)N(C)C)C(=O)CC(CC)CN. The summed E-state index contributed by atoms with van der Waals surface area (Å²) in [6, 6.07) is 0. The van der Waals surface area contributed by atoms with Crippen LogP contribution in [0.5, 0.6) is 0 Å². The van der Waals surface area contributed by atoms with Gasteiger partial charge in [0, 0.05) is 27.1 Å². The standard InChI is InChI=1S/C13H27N3O2/c1-5-7-16(10-13(18)15(3)4)12(17)8-11(6-2)9-14/h11H,5-10,14H2,1-4H3. The van der Waals surface area contributed by atoms with Crippen LogP contribution >= 0.6 is 0 Å². The summed E-state index contributed by atoms with van der Waals surface area (Å²) in [5, 5.41) is 0. The van der Waals surface area contributed by atoms with E-state index in [0.29, 0.717) is 19.5 Å². The molecule has 5 nitrogen and oxygen atoms in total. The second kappa shape index (κ2) is 8.91. The van der Waals surface area contributed by atoms with Gasteiger partial charge < -0.3 is 15.5 Å². The Labute approximate surface area is 110 Å². The van der Waals surface area contributed by atoms with E-state index in [2.05, 4.69) is 0 Å². The summed E-state index contributed by atoms with van der Waals surface area (Å²) in [4.78, 5) is 26.9. The Kier molecular flexibility index (Phi) is 8.37. The number of rotatable bonds is 8. The third-order valence-corrected chi connectivity index (χ3v) is 3.05. The molecule has 1 unspecified atom stereocenters. The molecule has 0 aromatic rings. The molecular formula is C13H27N3O2. The van der Waals surface area contributed by atoms with Gasteiger partial charge >= 0.3 is 0 Å². The highest BCUT2D eigenvalue weighted by Crippen LogP contribution is 2.09. The number of nitrogens with two attached hydrogens (primary N) is 1. The molecule has 0 fully saturated rings. The Hall–Kier alpha value is -1.10. The van der Waals surface area contributed by atoms with E-state index in [1.807, 2.05) is 13.8 Å². The molecule has 2 N–H and O–H groups in total. The molecule has 0 heterocycles. The molecule has 0 aromatic heterocycles. The zero-order valence-electron chi connectivity index (χ0n) is 12.1. The lowest BCUT2D eigenvalue weighted by molar-refractivity contribution is -0.139. The van der Waals surface area contributed by atoms with Gasteiger partial charge in [-0.05, 0) is 18.9 Å². The summed E-state index contributed by atoms with van der Waals surface area (Å²) in [6.07, 6.45) is 2.18. The zero-order chi connectivity index (χ0) is 14.1. The lowest BCUT2D eigenvalue weighted by Crippen LogP contribution is -2.41. The average molecular weight is 257 g/mol. The van der Waals surface area contributed by atoms with Gasteiger partial charge in [0.2, 0.25) is 11.8 Å². The van der Waals surface area contributed by atoms with Crippen LogP contribution in [0.25, 0.3) is 0 Å². The van der Waals surface area contributed by atoms with Crippen molar-refractivity contribution in [1.82, 2.24) is 9.80 Å². The molecule has 1 atom stereocenters. The van der Waals surface area contributed by atoms with Gasteiger partial charge in [-0.15, -0.1) is 0 Å². The van der Waals surface area contributed by atoms with E-state index in [1.54, 1.807) is 19.0 Å². The summed E-state index contributed by atoms with van der Waals surface area (Å²) in [5.41, 5.74) is 5.61. The van der Waals surface area contributed by atoms with E-state index < -0.39 is 0 Å². The minimum Gasteiger partial charge on any atom is -0.347 e. The fourth-order valence-corrected chi connectivity index (χ4v) is 1.64. The summed E-state index contributed by atoms with van der Waals surface area (Å²) < 4.78 is 0. The van der Waals surface area contributed by atoms with Crippen LogP contribution in [0.1, 0.15) is 33.1 Å². The first-order valence-electron chi connectivity index (χ1n) is 6.64. The number of amides is 2. The highest BCUT2D eigenvalue weighted by Gasteiger charge is 2.19. The molecule has 0 saturated heterocycles. The quantitative estimate of drug-likeness (QED) is 0.695. The van der Waals surface area contributed by atoms with Gasteiger partial charge in [-0.3, -0.25) is 9.59 Å². The molecule has 5 heteroatoms. The van der Waals surface area contributed by atoms with Crippen LogP contribution < -0.4 is 5.73 Å². The first kappa shape index (κ1) is 16.9. The first-order valence-corrected chi connectivity index (χ1v) is 6.64. The molecule has 0 aliphatic carbocycles. The summed E-state index contributed by atoms with van der Waals surface area (Å²) in [5.74, 6) is 0.202.